The fourth-order valence-electron chi connectivity index (χ4n) is 3.67. The molecular weight excluding hydrogens is 326 g/mol. The predicted molar refractivity (Wildman–Crippen MR) is 99.2 cm³/mol. The maximum absolute atomic E-state index is 12.1. The third kappa shape index (κ3) is 4.12. The van der Waals surface area contributed by atoms with Gasteiger partial charge in [0.1, 0.15) is 0 Å². The Morgan fingerprint density at radius 3 is 2.96 bits per heavy atom. The minimum atomic E-state index is 0.198. The Bertz CT molecular complexity index is 767. The van der Waals surface area contributed by atoms with E-state index >= 15 is 0 Å². The van der Waals surface area contributed by atoms with E-state index in [1.807, 2.05) is 18.5 Å². The van der Waals surface area contributed by atoms with Gasteiger partial charge in [-0.05, 0) is 49.8 Å². The lowest BCUT2D eigenvalue weighted by atomic mass is 10.1. The van der Waals surface area contributed by atoms with Crippen LogP contribution in [0.5, 0.6) is 0 Å². The molecule has 26 heavy (non-hydrogen) atoms. The van der Waals surface area contributed by atoms with Crippen LogP contribution in [0.2, 0.25) is 0 Å². The fourth-order valence-corrected chi connectivity index (χ4v) is 3.67. The quantitative estimate of drug-likeness (QED) is 0.865. The van der Waals surface area contributed by atoms with Crippen molar-refractivity contribution in [1.82, 2.24) is 25.0 Å². The first-order chi connectivity index (χ1) is 12.7. The second-order valence-electron chi connectivity index (χ2n) is 7.61. The first kappa shape index (κ1) is 17.2. The molecule has 1 N–H and O–H groups in total. The molecule has 6 nitrogen and oxygen atoms in total. The Balaban J connectivity index is 1.46. The summed E-state index contributed by atoms with van der Waals surface area (Å²) >= 11 is 0. The highest BCUT2D eigenvalue weighted by molar-refractivity contribution is 5.76. The summed E-state index contributed by atoms with van der Waals surface area (Å²) < 4.78 is 2.09. The van der Waals surface area contributed by atoms with Crippen LogP contribution < -0.4 is 5.32 Å². The van der Waals surface area contributed by atoms with Crippen molar-refractivity contribution in [1.29, 1.82) is 0 Å². The van der Waals surface area contributed by atoms with Crippen molar-refractivity contribution < 1.29 is 4.79 Å². The number of nitrogens with zero attached hydrogens (tertiary/aromatic N) is 4. The highest BCUT2D eigenvalue weighted by Gasteiger charge is 2.27. The van der Waals surface area contributed by atoms with Gasteiger partial charge in [0.2, 0.25) is 5.91 Å². The molecule has 0 bridgehead atoms. The average molecular weight is 353 g/mol. The van der Waals surface area contributed by atoms with Crippen LogP contribution >= 0.6 is 0 Å². The van der Waals surface area contributed by atoms with E-state index in [0.29, 0.717) is 24.9 Å². The highest BCUT2D eigenvalue weighted by atomic mass is 16.1. The van der Waals surface area contributed by atoms with Crippen molar-refractivity contribution in [2.24, 2.45) is 5.92 Å². The van der Waals surface area contributed by atoms with Gasteiger partial charge in [-0.3, -0.25) is 19.4 Å². The fraction of sp³-hybridized carbons (Fsp3) is 0.550. The van der Waals surface area contributed by atoms with Gasteiger partial charge in [0.05, 0.1) is 11.4 Å². The Hall–Kier alpha value is -2.21. The van der Waals surface area contributed by atoms with Gasteiger partial charge in [0.15, 0.2) is 0 Å². The molecule has 0 radical (unpaired) electrons. The average Bonchev–Trinajstić information content (AvgIpc) is 3.36. The molecule has 0 saturated heterocycles. The van der Waals surface area contributed by atoms with Crippen LogP contribution in [0.1, 0.15) is 42.6 Å². The van der Waals surface area contributed by atoms with Crippen molar-refractivity contribution in [2.75, 3.05) is 6.54 Å². The molecule has 2 aliphatic rings. The number of aromatic nitrogens is 3. The zero-order valence-corrected chi connectivity index (χ0v) is 15.4. The number of hydrogen-bond donors (Lipinski definition) is 1. The van der Waals surface area contributed by atoms with Crippen molar-refractivity contribution in [3.8, 4) is 0 Å². The molecule has 1 aliphatic carbocycles. The van der Waals surface area contributed by atoms with Crippen LogP contribution in [0.25, 0.3) is 0 Å². The number of rotatable bonds is 6. The third-order valence-electron chi connectivity index (χ3n) is 5.54. The second kappa shape index (κ2) is 7.58. The maximum Gasteiger partial charge on any atom is 0.220 e. The zero-order valence-electron chi connectivity index (χ0n) is 15.4. The van der Waals surface area contributed by atoms with Crippen molar-refractivity contribution in [3.05, 3.63) is 47.5 Å². The normalized spacial score (nSPS) is 20.4. The van der Waals surface area contributed by atoms with E-state index in [1.54, 1.807) is 0 Å². The first-order valence-electron chi connectivity index (χ1n) is 9.61. The van der Waals surface area contributed by atoms with E-state index in [2.05, 4.69) is 44.0 Å². The molecule has 3 heterocycles. The van der Waals surface area contributed by atoms with Gasteiger partial charge in [0, 0.05) is 51.0 Å². The number of carbonyl (C=O) groups excluding carboxylic acids is 1. The van der Waals surface area contributed by atoms with Crippen molar-refractivity contribution in [3.63, 3.8) is 0 Å². The standard InChI is InChI=1S/C20H27N5O/c1-15-3-2-8-21-19(15)14-24-13-18-6-9-23-25(18)10-7-17(24)12-22-20(26)11-16-4-5-16/h2-3,6,8-9,16-17H,4-5,7,10-14H2,1H3,(H,22,26). The maximum atomic E-state index is 12.1. The summed E-state index contributed by atoms with van der Waals surface area (Å²) in [7, 11) is 0. The summed E-state index contributed by atoms with van der Waals surface area (Å²) in [5.41, 5.74) is 3.54. The lowest BCUT2D eigenvalue weighted by Gasteiger charge is -2.30. The minimum absolute atomic E-state index is 0.198. The molecule has 0 spiro atoms. The molecular formula is C20H27N5O. The predicted octanol–water partition coefficient (Wildman–Crippen LogP) is 2.28. The number of nitrogens with one attached hydrogen (secondary N) is 1. The summed E-state index contributed by atoms with van der Waals surface area (Å²) in [6.45, 7) is 5.32. The minimum Gasteiger partial charge on any atom is -0.355 e. The van der Waals surface area contributed by atoms with E-state index in [-0.39, 0.29) is 5.91 Å². The van der Waals surface area contributed by atoms with Gasteiger partial charge in [0.25, 0.3) is 0 Å². The molecule has 1 aliphatic heterocycles. The van der Waals surface area contributed by atoms with Crippen LogP contribution in [0.4, 0.5) is 0 Å². The summed E-state index contributed by atoms with van der Waals surface area (Å²) in [5, 5.41) is 7.61. The van der Waals surface area contributed by atoms with E-state index in [4.69, 9.17) is 0 Å². The molecule has 1 amide bonds. The van der Waals surface area contributed by atoms with Gasteiger partial charge in [-0.1, -0.05) is 6.07 Å². The van der Waals surface area contributed by atoms with E-state index in [9.17, 15) is 4.79 Å². The summed E-state index contributed by atoms with van der Waals surface area (Å²) in [6.07, 6.45) is 7.82. The number of aryl methyl sites for hydroxylation is 2. The number of fused-ring (bicyclic) bond motifs is 1. The van der Waals surface area contributed by atoms with Crippen LogP contribution in [0, 0.1) is 12.8 Å². The Kier molecular flexibility index (Phi) is 5.02. The van der Waals surface area contributed by atoms with Crippen molar-refractivity contribution in [2.45, 2.75) is 58.3 Å². The smallest absolute Gasteiger partial charge is 0.220 e. The van der Waals surface area contributed by atoms with Gasteiger partial charge >= 0.3 is 0 Å². The third-order valence-corrected chi connectivity index (χ3v) is 5.54. The lowest BCUT2D eigenvalue weighted by molar-refractivity contribution is -0.121. The molecule has 6 heteroatoms. The monoisotopic (exact) mass is 353 g/mol. The highest BCUT2D eigenvalue weighted by Crippen LogP contribution is 2.32. The van der Waals surface area contributed by atoms with Gasteiger partial charge < -0.3 is 5.32 Å². The van der Waals surface area contributed by atoms with Crippen LogP contribution in [0.3, 0.4) is 0 Å². The van der Waals surface area contributed by atoms with Gasteiger partial charge in [-0.2, -0.15) is 5.10 Å². The molecule has 4 rings (SSSR count). The van der Waals surface area contributed by atoms with Gasteiger partial charge in [-0.15, -0.1) is 0 Å². The lowest BCUT2D eigenvalue weighted by Crippen LogP contribution is -2.43. The van der Waals surface area contributed by atoms with Crippen molar-refractivity contribution >= 4 is 5.91 Å². The van der Waals surface area contributed by atoms with Crippen LogP contribution in [-0.2, 0) is 24.4 Å². The topological polar surface area (TPSA) is 63.1 Å². The summed E-state index contributed by atoms with van der Waals surface area (Å²) in [5.74, 6) is 0.824. The van der Waals surface area contributed by atoms with E-state index in [1.165, 1.54) is 24.1 Å². The first-order valence-corrected chi connectivity index (χ1v) is 9.61. The Morgan fingerprint density at radius 2 is 2.15 bits per heavy atom. The van der Waals surface area contributed by atoms with Crippen LogP contribution in [-0.4, -0.2) is 38.2 Å². The van der Waals surface area contributed by atoms with Gasteiger partial charge in [-0.25, -0.2) is 0 Å². The Morgan fingerprint density at radius 1 is 1.27 bits per heavy atom. The summed E-state index contributed by atoms with van der Waals surface area (Å²) in [6, 6.07) is 6.47. The van der Waals surface area contributed by atoms with E-state index in [0.717, 1.165) is 31.7 Å². The van der Waals surface area contributed by atoms with E-state index < -0.39 is 0 Å². The Labute approximate surface area is 154 Å². The molecule has 1 atom stereocenters. The number of hydrogen-bond acceptors (Lipinski definition) is 4. The molecule has 138 valence electrons. The molecule has 2 aromatic heterocycles. The number of carbonyl (C=O) groups is 1. The molecule has 2 aromatic rings. The molecule has 1 unspecified atom stereocenters. The SMILES string of the molecule is Cc1cccnc1CN1Cc2ccnn2CCC1CNC(=O)CC1CC1. The largest absolute Gasteiger partial charge is 0.355 e. The number of amides is 1. The summed E-state index contributed by atoms with van der Waals surface area (Å²) in [4.78, 5) is 19.2. The molecule has 0 aromatic carbocycles. The zero-order chi connectivity index (χ0) is 17.9. The second-order valence-corrected chi connectivity index (χ2v) is 7.61. The van der Waals surface area contributed by atoms with Crippen LogP contribution in [0.15, 0.2) is 30.6 Å². The molecule has 1 fully saturated rings. The molecule has 1 saturated carbocycles. The number of pyridine rings is 1.